The van der Waals surface area contributed by atoms with Gasteiger partial charge < -0.3 is 9.47 Å². The van der Waals surface area contributed by atoms with Gasteiger partial charge in [-0.3, -0.25) is 0 Å². The molecule has 0 aromatic heterocycles. The van der Waals surface area contributed by atoms with E-state index in [1.807, 2.05) is 52.0 Å². The van der Waals surface area contributed by atoms with E-state index < -0.39 is 0 Å². The van der Waals surface area contributed by atoms with E-state index in [2.05, 4.69) is 13.8 Å². The molecule has 0 aliphatic heterocycles. The maximum Gasteiger partial charge on any atom is 0.292 e. The molecule has 0 spiro atoms. The molecule has 0 atom stereocenters. The van der Waals surface area contributed by atoms with Gasteiger partial charge in [-0.25, -0.2) is 0 Å². The second-order valence-electron chi connectivity index (χ2n) is 6.73. The third-order valence-corrected chi connectivity index (χ3v) is 5.13. The largest absolute Gasteiger partial charge is 0.388 e. The van der Waals surface area contributed by atoms with E-state index in [0.717, 1.165) is 22.3 Å². The number of hydrogen-bond donors (Lipinski definition) is 0. The molecule has 0 saturated heterocycles. The van der Waals surface area contributed by atoms with Crippen LogP contribution in [0.1, 0.15) is 47.2 Å². The van der Waals surface area contributed by atoms with Crippen LogP contribution >= 0.6 is 0 Å². The Morgan fingerprint density at radius 1 is 0.680 bits per heavy atom. The monoisotopic (exact) mass is 334 g/mol. The molecule has 0 aliphatic carbocycles. The molecule has 0 aliphatic rings. The average Bonchev–Trinajstić information content (AvgIpc) is 2.56. The van der Waals surface area contributed by atoms with E-state index in [4.69, 9.17) is 20.0 Å². The fourth-order valence-electron chi connectivity index (χ4n) is 3.41. The Balaban J connectivity index is 2.61. The van der Waals surface area contributed by atoms with Gasteiger partial charge in [-0.15, -0.1) is 10.5 Å². The number of benzene rings is 2. The van der Waals surface area contributed by atoms with Crippen molar-refractivity contribution in [2.45, 2.75) is 47.0 Å². The molecular formula is C21H22N2O2. The molecule has 2 aromatic rings. The third-order valence-electron chi connectivity index (χ3n) is 5.13. The minimum absolute atomic E-state index is 0.250. The van der Waals surface area contributed by atoms with Crippen molar-refractivity contribution in [3.05, 3.63) is 57.6 Å². The van der Waals surface area contributed by atoms with Gasteiger partial charge in [-0.2, -0.15) is 0 Å². The van der Waals surface area contributed by atoms with Gasteiger partial charge in [-0.1, -0.05) is 26.0 Å². The molecule has 0 N–H and O–H groups in total. The Kier molecular flexibility index (Phi) is 5.04. The molecule has 0 saturated carbocycles. The van der Waals surface area contributed by atoms with Crippen molar-refractivity contribution < 1.29 is 9.47 Å². The van der Waals surface area contributed by atoms with Crippen LogP contribution in [-0.2, 0) is 5.41 Å². The lowest BCUT2D eigenvalue weighted by Gasteiger charge is -2.31. The van der Waals surface area contributed by atoms with E-state index in [1.165, 1.54) is 11.1 Å². The van der Waals surface area contributed by atoms with Crippen LogP contribution in [0.5, 0.6) is 11.5 Å². The minimum Gasteiger partial charge on any atom is -0.388 e. The Bertz CT molecular complexity index is 826. The van der Waals surface area contributed by atoms with Crippen LogP contribution in [-0.4, -0.2) is 0 Å². The van der Waals surface area contributed by atoms with Crippen LogP contribution in [0.15, 0.2) is 24.3 Å². The zero-order valence-corrected chi connectivity index (χ0v) is 15.5. The summed E-state index contributed by atoms with van der Waals surface area (Å²) in [5.41, 5.74) is 6.23. The van der Waals surface area contributed by atoms with Gasteiger partial charge in [0.1, 0.15) is 11.5 Å². The highest BCUT2D eigenvalue weighted by atomic mass is 16.5. The standard InChI is InChI=1S/C21H22N2O2/c1-13-15(3)19(24-11-22)9-7-17(13)21(5,6)18-8-10-20(25-12-23)16(4)14(18)2/h7-10H,1-6H3. The molecule has 0 radical (unpaired) electrons. The number of ether oxygens (including phenoxy) is 2. The van der Waals surface area contributed by atoms with Crippen molar-refractivity contribution in [1.82, 2.24) is 0 Å². The summed E-state index contributed by atoms with van der Waals surface area (Å²) in [5.74, 6) is 1.18. The first kappa shape index (κ1) is 18.4. The summed E-state index contributed by atoms with van der Waals surface area (Å²) < 4.78 is 10.1. The maximum atomic E-state index is 8.77. The van der Waals surface area contributed by atoms with Crippen molar-refractivity contribution in [3.8, 4) is 24.0 Å². The first-order valence-electron chi connectivity index (χ1n) is 8.09. The Morgan fingerprint density at radius 2 is 1.04 bits per heavy atom. The van der Waals surface area contributed by atoms with Crippen molar-refractivity contribution in [1.29, 1.82) is 10.5 Å². The normalized spacial score (nSPS) is 10.7. The number of nitrogens with zero attached hydrogens (tertiary/aromatic N) is 2. The van der Waals surface area contributed by atoms with Gasteiger partial charge in [0, 0.05) is 5.41 Å². The highest BCUT2D eigenvalue weighted by molar-refractivity contribution is 5.54. The van der Waals surface area contributed by atoms with Crippen LogP contribution in [0, 0.1) is 50.7 Å². The lowest BCUT2D eigenvalue weighted by Crippen LogP contribution is -2.22. The third kappa shape index (κ3) is 3.16. The van der Waals surface area contributed by atoms with Crippen molar-refractivity contribution in [3.63, 3.8) is 0 Å². The molecule has 2 aromatic carbocycles. The zero-order chi connectivity index (χ0) is 18.8. The van der Waals surface area contributed by atoms with E-state index in [0.29, 0.717) is 11.5 Å². The quantitative estimate of drug-likeness (QED) is 0.741. The summed E-state index contributed by atoms with van der Waals surface area (Å²) in [6.45, 7) is 12.4. The van der Waals surface area contributed by atoms with Crippen molar-refractivity contribution in [2.24, 2.45) is 0 Å². The van der Waals surface area contributed by atoms with Gasteiger partial charge in [0.05, 0.1) is 0 Å². The molecule has 0 unspecified atom stereocenters. The molecule has 25 heavy (non-hydrogen) atoms. The summed E-state index contributed by atoms with van der Waals surface area (Å²) in [4.78, 5) is 0. The summed E-state index contributed by atoms with van der Waals surface area (Å²) >= 11 is 0. The highest BCUT2D eigenvalue weighted by Crippen LogP contribution is 2.40. The Morgan fingerprint density at radius 3 is 1.36 bits per heavy atom. The first-order chi connectivity index (χ1) is 11.8. The van der Waals surface area contributed by atoms with Crippen molar-refractivity contribution in [2.75, 3.05) is 0 Å². The predicted octanol–water partition coefficient (Wildman–Crippen LogP) is 4.97. The van der Waals surface area contributed by atoms with Gasteiger partial charge in [-0.05, 0) is 73.2 Å². The second kappa shape index (κ2) is 6.87. The molecular weight excluding hydrogens is 312 g/mol. The van der Waals surface area contributed by atoms with Gasteiger partial charge >= 0.3 is 0 Å². The van der Waals surface area contributed by atoms with Crippen LogP contribution in [0.2, 0.25) is 0 Å². The smallest absolute Gasteiger partial charge is 0.292 e. The van der Waals surface area contributed by atoms with E-state index in [9.17, 15) is 0 Å². The predicted molar refractivity (Wildman–Crippen MR) is 96.4 cm³/mol. The highest BCUT2D eigenvalue weighted by Gasteiger charge is 2.29. The maximum absolute atomic E-state index is 8.77. The molecule has 4 heteroatoms. The van der Waals surface area contributed by atoms with Crippen LogP contribution in [0.4, 0.5) is 0 Å². The number of rotatable bonds is 4. The van der Waals surface area contributed by atoms with E-state index in [1.54, 1.807) is 12.5 Å². The van der Waals surface area contributed by atoms with Gasteiger partial charge in [0.25, 0.3) is 12.5 Å². The molecule has 0 fully saturated rings. The summed E-state index contributed by atoms with van der Waals surface area (Å²) in [6, 6.07) is 7.73. The summed E-state index contributed by atoms with van der Waals surface area (Å²) in [7, 11) is 0. The zero-order valence-electron chi connectivity index (χ0n) is 15.5. The van der Waals surface area contributed by atoms with Crippen LogP contribution in [0.3, 0.4) is 0 Å². The topological polar surface area (TPSA) is 66.0 Å². The Hall–Kier alpha value is -2.98. The first-order valence-corrected chi connectivity index (χ1v) is 8.09. The van der Waals surface area contributed by atoms with Gasteiger partial charge in [0.15, 0.2) is 0 Å². The van der Waals surface area contributed by atoms with E-state index in [-0.39, 0.29) is 5.41 Å². The lowest BCUT2D eigenvalue weighted by atomic mass is 9.73. The average molecular weight is 334 g/mol. The number of hydrogen-bond acceptors (Lipinski definition) is 4. The van der Waals surface area contributed by atoms with Crippen LogP contribution in [0.25, 0.3) is 0 Å². The molecule has 128 valence electrons. The van der Waals surface area contributed by atoms with Crippen LogP contribution < -0.4 is 9.47 Å². The Labute approximate surface area is 149 Å². The van der Waals surface area contributed by atoms with Gasteiger partial charge in [0.2, 0.25) is 0 Å². The molecule has 0 heterocycles. The van der Waals surface area contributed by atoms with Crippen molar-refractivity contribution >= 4 is 0 Å². The number of nitriles is 2. The molecule has 4 nitrogen and oxygen atoms in total. The SMILES string of the molecule is Cc1c(OC#N)ccc(C(C)(C)c2ccc(OC#N)c(C)c2C)c1C. The molecule has 0 amide bonds. The second-order valence-corrected chi connectivity index (χ2v) is 6.73. The van der Waals surface area contributed by atoms with E-state index >= 15 is 0 Å². The fraction of sp³-hybridized carbons (Fsp3) is 0.333. The summed E-state index contributed by atoms with van der Waals surface area (Å²) in [5, 5.41) is 17.5. The fourth-order valence-corrected chi connectivity index (χ4v) is 3.41. The summed E-state index contributed by atoms with van der Waals surface area (Å²) in [6.07, 6.45) is 3.47. The lowest BCUT2D eigenvalue weighted by molar-refractivity contribution is 0.499. The molecule has 0 bridgehead atoms. The molecule has 2 rings (SSSR count). The minimum atomic E-state index is -0.250.